The molecule has 0 aromatic heterocycles. The van der Waals surface area contributed by atoms with Crippen LogP contribution in [0.5, 0.6) is 5.75 Å². The van der Waals surface area contributed by atoms with Crippen LogP contribution in [-0.2, 0) is 6.54 Å². The summed E-state index contributed by atoms with van der Waals surface area (Å²) in [6, 6.07) is 7.21. The molecule has 0 aliphatic carbocycles. The van der Waals surface area contributed by atoms with Crippen LogP contribution in [0.1, 0.15) is 37.3 Å². The highest BCUT2D eigenvalue weighted by atomic mass is 16.5. The summed E-state index contributed by atoms with van der Waals surface area (Å²) >= 11 is 0. The van der Waals surface area contributed by atoms with Crippen molar-refractivity contribution < 1.29 is 4.74 Å². The second-order valence-corrected chi connectivity index (χ2v) is 5.79. The van der Waals surface area contributed by atoms with E-state index in [9.17, 15) is 0 Å². The normalized spacial score (nSPS) is 19.4. The zero-order valence-electron chi connectivity index (χ0n) is 12.6. The molecule has 1 heterocycles. The van der Waals surface area contributed by atoms with Crippen LogP contribution < -0.4 is 10.1 Å². The van der Waals surface area contributed by atoms with E-state index in [2.05, 4.69) is 49.3 Å². The fourth-order valence-electron chi connectivity index (χ4n) is 2.69. The van der Waals surface area contributed by atoms with Crippen LogP contribution in [0.2, 0.25) is 0 Å². The quantitative estimate of drug-likeness (QED) is 0.883. The second kappa shape index (κ2) is 6.40. The largest absolute Gasteiger partial charge is 0.496 e. The number of methoxy groups -OCH3 is 1. The van der Waals surface area contributed by atoms with Gasteiger partial charge in [0.2, 0.25) is 0 Å². The third-order valence-corrected chi connectivity index (χ3v) is 4.05. The van der Waals surface area contributed by atoms with Gasteiger partial charge in [0.25, 0.3) is 0 Å². The molecule has 3 heteroatoms. The fraction of sp³-hybridized carbons (Fsp3) is 0.625. The van der Waals surface area contributed by atoms with E-state index in [0.29, 0.717) is 12.0 Å². The summed E-state index contributed by atoms with van der Waals surface area (Å²) in [5.74, 6) is 1.56. The van der Waals surface area contributed by atoms with Gasteiger partial charge in [0.15, 0.2) is 0 Å². The molecule has 0 amide bonds. The Morgan fingerprint density at radius 2 is 2.21 bits per heavy atom. The third-order valence-electron chi connectivity index (χ3n) is 4.05. The molecule has 1 aromatic rings. The van der Waals surface area contributed by atoms with Gasteiger partial charge >= 0.3 is 0 Å². The minimum absolute atomic E-state index is 0.558. The summed E-state index contributed by atoms with van der Waals surface area (Å²) in [7, 11) is 3.96. The van der Waals surface area contributed by atoms with Crippen LogP contribution in [0.3, 0.4) is 0 Å². The molecule has 1 aliphatic rings. The highest BCUT2D eigenvalue weighted by molar-refractivity contribution is 5.38. The minimum Gasteiger partial charge on any atom is -0.496 e. The summed E-state index contributed by atoms with van der Waals surface area (Å²) in [5.41, 5.74) is 2.68. The maximum atomic E-state index is 5.50. The summed E-state index contributed by atoms with van der Waals surface area (Å²) in [4.78, 5) is 2.43. The van der Waals surface area contributed by atoms with Crippen LogP contribution in [0.25, 0.3) is 0 Å². The average molecular weight is 262 g/mol. The van der Waals surface area contributed by atoms with Crippen molar-refractivity contribution in [3.8, 4) is 5.75 Å². The summed E-state index contributed by atoms with van der Waals surface area (Å²) in [5, 5.41) is 3.42. The highest BCUT2D eigenvalue weighted by Gasteiger charge is 2.20. The van der Waals surface area contributed by atoms with Crippen LogP contribution in [0.15, 0.2) is 18.2 Å². The standard InChI is InChI=1S/C16H26N2O/c1-12(2)13-5-6-16(19-4)14(9-13)11-18(3)15-7-8-17-10-15/h5-6,9,12,15,17H,7-8,10-11H2,1-4H3. The molecule has 2 rings (SSSR count). The predicted molar refractivity (Wildman–Crippen MR) is 79.8 cm³/mol. The SMILES string of the molecule is COc1ccc(C(C)C)cc1CN(C)C1CCNC1. The first kappa shape index (κ1) is 14.4. The molecule has 0 spiro atoms. The number of hydrogen-bond acceptors (Lipinski definition) is 3. The van der Waals surface area contributed by atoms with Crippen molar-refractivity contribution in [1.29, 1.82) is 0 Å². The van der Waals surface area contributed by atoms with Gasteiger partial charge in [0.1, 0.15) is 5.75 Å². The summed E-state index contributed by atoms with van der Waals surface area (Å²) in [6.45, 7) is 7.66. The first-order valence-electron chi connectivity index (χ1n) is 7.19. The van der Waals surface area contributed by atoms with E-state index in [1.807, 2.05) is 0 Å². The molecule has 1 atom stereocenters. The lowest BCUT2D eigenvalue weighted by atomic mass is 10.00. The lowest BCUT2D eigenvalue weighted by molar-refractivity contribution is 0.245. The van der Waals surface area contributed by atoms with Gasteiger partial charge in [-0.15, -0.1) is 0 Å². The minimum atomic E-state index is 0.558. The highest BCUT2D eigenvalue weighted by Crippen LogP contribution is 2.26. The average Bonchev–Trinajstić information content (AvgIpc) is 2.92. The van der Waals surface area contributed by atoms with Crippen LogP contribution in [0.4, 0.5) is 0 Å². The maximum Gasteiger partial charge on any atom is 0.123 e. The zero-order valence-corrected chi connectivity index (χ0v) is 12.6. The molecule has 1 aromatic carbocycles. The molecular formula is C16H26N2O. The Morgan fingerprint density at radius 1 is 1.42 bits per heavy atom. The molecule has 3 nitrogen and oxygen atoms in total. The molecule has 19 heavy (non-hydrogen) atoms. The number of rotatable bonds is 5. The van der Waals surface area contributed by atoms with Crippen LogP contribution in [0, 0.1) is 0 Å². The molecule has 1 fully saturated rings. The smallest absolute Gasteiger partial charge is 0.123 e. The van der Waals surface area contributed by atoms with Crippen molar-refractivity contribution in [2.24, 2.45) is 0 Å². The molecule has 0 bridgehead atoms. The Balaban J connectivity index is 2.14. The van der Waals surface area contributed by atoms with Gasteiger partial charge in [0.05, 0.1) is 7.11 Å². The number of likely N-dealkylation sites (N-methyl/N-ethyl adjacent to an activating group) is 1. The van der Waals surface area contributed by atoms with Gasteiger partial charge in [0, 0.05) is 24.7 Å². The van der Waals surface area contributed by atoms with E-state index in [1.165, 1.54) is 17.5 Å². The molecule has 0 radical (unpaired) electrons. The van der Waals surface area contributed by atoms with Gasteiger partial charge < -0.3 is 10.1 Å². The van der Waals surface area contributed by atoms with Gasteiger partial charge in [-0.2, -0.15) is 0 Å². The number of benzene rings is 1. The molecule has 1 unspecified atom stereocenters. The Bertz CT molecular complexity index is 411. The molecule has 106 valence electrons. The first-order valence-corrected chi connectivity index (χ1v) is 7.19. The maximum absolute atomic E-state index is 5.50. The van der Waals surface area contributed by atoms with E-state index >= 15 is 0 Å². The number of hydrogen-bond donors (Lipinski definition) is 1. The van der Waals surface area contributed by atoms with Gasteiger partial charge in [-0.25, -0.2) is 0 Å². The summed E-state index contributed by atoms with van der Waals surface area (Å²) < 4.78 is 5.50. The van der Waals surface area contributed by atoms with Gasteiger partial charge in [-0.1, -0.05) is 26.0 Å². The molecule has 1 N–H and O–H groups in total. The first-order chi connectivity index (χ1) is 9.11. The fourth-order valence-corrected chi connectivity index (χ4v) is 2.69. The van der Waals surface area contributed by atoms with Crippen molar-refractivity contribution in [3.05, 3.63) is 29.3 Å². The number of nitrogens with one attached hydrogen (secondary N) is 1. The Hall–Kier alpha value is -1.06. The van der Waals surface area contributed by atoms with Crippen molar-refractivity contribution in [1.82, 2.24) is 10.2 Å². The number of nitrogens with zero attached hydrogens (tertiary/aromatic N) is 1. The molecular weight excluding hydrogens is 236 g/mol. The van der Waals surface area contributed by atoms with Crippen molar-refractivity contribution in [3.63, 3.8) is 0 Å². The Kier molecular flexibility index (Phi) is 4.83. The van der Waals surface area contributed by atoms with Crippen molar-refractivity contribution >= 4 is 0 Å². The van der Waals surface area contributed by atoms with E-state index in [0.717, 1.165) is 25.4 Å². The van der Waals surface area contributed by atoms with E-state index in [-0.39, 0.29) is 0 Å². The Labute approximate surface area is 116 Å². The van der Waals surface area contributed by atoms with Crippen molar-refractivity contribution in [2.75, 3.05) is 27.2 Å². The lowest BCUT2D eigenvalue weighted by Crippen LogP contribution is -2.33. The van der Waals surface area contributed by atoms with Gasteiger partial charge in [-0.3, -0.25) is 4.90 Å². The molecule has 1 saturated heterocycles. The zero-order chi connectivity index (χ0) is 13.8. The topological polar surface area (TPSA) is 24.5 Å². The monoisotopic (exact) mass is 262 g/mol. The van der Waals surface area contributed by atoms with E-state index < -0.39 is 0 Å². The second-order valence-electron chi connectivity index (χ2n) is 5.79. The van der Waals surface area contributed by atoms with Crippen molar-refractivity contribution in [2.45, 2.75) is 38.8 Å². The lowest BCUT2D eigenvalue weighted by Gasteiger charge is -2.25. The van der Waals surface area contributed by atoms with Crippen LogP contribution >= 0.6 is 0 Å². The summed E-state index contributed by atoms with van der Waals surface area (Å²) in [6.07, 6.45) is 1.24. The third kappa shape index (κ3) is 3.48. The molecule has 1 aliphatic heterocycles. The predicted octanol–water partition coefficient (Wildman–Crippen LogP) is 2.61. The van der Waals surface area contributed by atoms with E-state index in [4.69, 9.17) is 4.74 Å². The Morgan fingerprint density at radius 3 is 2.79 bits per heavy atom. The van der Waals surface area contributed by atoms with Crippen LogP contribution in [-0.4, -0.2) is 38.2 Å². The van der Waals surface area contributed by atoms with E-state index in [1.54, 1.807) is 7.11 Å². The van der Waals surface area contributed by atoms with Gasteiger partial charge in [-0.05, 0) is 37.6 Å². The molecule has 0 saturated carbocycles. The number of ether oxygens (including phenoxy) is 1.